The Labute approximate surface area is 101 Å². The number of nitrogens with two attached hydrogens (primary N) is 1. The molecule has 0 aliphatic rings. The Morgan fingerprint density at radius 3 is 2.81 bits per heavy atom. The second kappa shape index (κ2) is 6.51. The van der Waals surface area contributed by atoms with E-state index in [1.165, 1.54) is 0 Å². The number of hydrogen-bond donors (Lipinski definition) is 2. The summed E-state index contributed by atoms with van der Waals surface area (Å²) >= 11 is 5.97. The van der Waals surface area contributed by atoms with Crippen LogP contribution >= 0.6 is 11.6 Å². The third kappa shape index (κ3) is 3.83. The van der Waals surface area contributed by atoms with Crippen LogP contribution in [-0.4, -0.2) is 11.9 Å². The van der Waals surface area contributed by atoms with Gasteiger partial charge in [-0.15, -0.1) is 0 Å². The van der Waals surface area contributed by atoms with E-state index in [0.29, 0.717) is 18.0 Å². The highest BCUT2D eigenvalue weighted by Gasteiger charge is 2.11. The molecule has 1 amide bonds. The van der Waals surface area contributed by atoms with Crippen molar-refractivity contribution >= 4 is 17.5 Å². The van der Waals surface area contributed by atoms with E-state index in [1.807, 2.05) is 25.1 Å². The summed E-state index contributed by atoms with van der Waals surface area (Å²) in [5, 5.41) is 3.44. The molecule has 0 aromatic heterocycles. The van der Waals surface area contributed by atoms with Crippen LogP contribution in [0.2, 0.25) is 5.02 Å². The monoisotopic (exact) mass is 240 g/mol. The first-order chi connectivity index (χ1) is 7.65. The van der Waals surface area contributed by atoms with Crippen molar-refractivity contribution in [3.8, 4) is 0 Å². The Kier molecular flexibility index (Phi) is 5.29. The van der Waals surface area contributed by atoms with Gasteiger partial charge in [0, 0.05) is 11.6 Å². The summed E-state index contributed by atoms with van der Waals surface area (Å²) in [6, 6.07) is 7.01. The van der Waals surface area contributed by atoms with E-state index in [1.54, 1.807) is 6.07 Å². The van der Waals surface area contributed by atoms with Crippen molar-refractivity contribution in [1.29, 1.82) is 0 Å². The highest BCUT2D eigenvalue weighted by atomic mass is 35.5. The number of carbonyl (C=O) groups is 1. The Bertz CT molecular complexity index is 355. The van der Waals surface area contributed by atoms with Crippen molar-refractivity contribution in [3.63, 3.8) is 0 Å². The van der Waals surface area contributed by atoms with Crippen molar-refractivity contribution in [2.75, 3.05) is 0 Å². The minimum Gasteiger partial charge on any atom is -0.351 e. The highest BCUT2D eigenvalue weighted by molar-refractivity contribution is 6.31. The summed E-state index contributed by atoms with van der Waals surface area (Å²) in [5.74, 6) is -0.123. The lowest BCUT2D eigenvalue weighted by Crippen LogP contribution is -2.40. The van der Waals surface area contributed by atoms with Gasteiger partial charge >= 0.3 is 0 Å². The summed E-state index contributed by atoms with van der Waals surface area (Å²) < 4.78 is 0. The summed E-state index contributed by atoms with van der Waals surface area (Å²) in [7, 11) is 0. The smallest absolute Gasteiger partial charge is 0.237 e. The van der Waals surface area contributed by atoms with Gasteiger partial charge in [-0.25, -0.2) is 0 Å². The maximum absolute atomic E-state index is 11.5. The zero-order valence-electron chi connectivity index (χ0n) is 9.37. The molecule has 3 N–H and O–H groups in total. The molecule has 1 aromatic rings. The number of amides is 1. The lowest BCUT2D eigenvalue weighted by atomic mass is 10.1. The molecule has 3 nitrogen and oxygen atoms in total. The van der Waals surface area contributed by atoms with Gasteiger partial charge in [-0.1, -0.05) is 43.1 Å². The number of benzene rings is 1. The molecule has 0 saturated carbocycles. The molecule has 0 heterocycles. The fourth-order valence-electron chi connectivity index (χ4n) is 1.40. The molecule has 88 valence electrons. The number of halogens is 1. The molecule has 1 unspecified atom stereocenters. The Morgan fingerprint density at radius 2 is 2.19 bits per heavy atom. The zero-order chi connectivity index (χ0) is 12.0. The molecule has 0 saturated heterocycles. The van der Waals surface area contributed by atoms with Crippen molar-refractivity contribution in [2.45, 2.75) is 32.4 Å². The molecule has 1 aromatic carbocycles. The predicted molar refractivity (Wildman–Crippen MR) is 66.2 cm³/mol. The first-order valence-electron chi connectivity index (χ1n) is 5.41. The summed E-state index contributed by atoms with van der Waals surface area (Å²) in [4.78, 5) is 11.5. The van der Waals surface area contributed by atoms with Gasteiger partial charge < -0.3 is 11.1 Å². The van der Waals surface area contributed by atoms with Crippen LogP contribution in [0.3, 0.4) is 0 Å². The maximum Gasteiger partial charge on any atom is 0.237 e. The minimum atomic E-state index is -0.424. The van der Waals surface area contributed by atoms with Crippen molar-refractivity contribution in [3.05, 3.63) is 34.9 Å². The van der Waals surface area contributed by atoms with Crippen molar-refractivity contribution in [1.82, 2.24) is 5.32 Å². The minimum absolute atomic E-state index is 0.123. The predicted octanol–water partition coefficient (Wildman–Crippen LogP) is 2.08. The van der Waals surface area contributed by atoms with E-state index in [0.717, 1.165) is 12.0 Å². The van der Waals surface area contributed by atoms with Gasteiger partial charge in [0.05, 0.1) is 6.04 Å². The topological polar surface area (TPSA) is 55.1 Å². The third-order valence-electron chi connectivity index (χ3n) is 2.35. The van der Waals surface area contributed by atoms with Gasteiger partial charge in [-0.3, -0.25) is 4.79 Å². The molecule has 0 aliphatic heterocycles. The van der Waals surface area contributed by atoms with Gasteiger partial charge in [0.2, 0.25) is 5.91 Å². The Balaban J connectivity index is 2.46. The maximum atomic E-state index is 11.5. The van der Waals surface area contributed by atoms with Crippen LogP contribution in [-0.2, 0) is 11.3 Å². The lowest BCUT2D eigenvalue weighted by Gasteiger charge is -2.11. The Hall–Kier alpha value is -1.06. The number of rotatable bonds is 5. The van der Waals surface area contributed by atoms with E-state index in [9.17, 15) is 4.79 Å². The van der Waals surface area contributed by atoms with Gasteiger partial charge in [0.15, 0.2) is 0 Å². The molecule has 0 aliphatic carbocycles. The molecular weight excluding hydrogens is 224 g/mol. The first-order valence-corrected chi connectivity index (χ1v) is 5.79. The highest BCUT2D eigenvalue weighted by Crippen LogP contribution is 2.14. The molecule has 0 fully saturated rings. The summed E-state index contributed by atoms with van der Waals surface area (Å²) in [5.41, 5.74) is 6.59. The van der Waals surface area contributed by atoms with Gasteiger partial charge in [0.1, 0.15) is 0 Å². The molecule has 0 spiro atoms. The molecule has 0 radical (unpaired) electrons. The van der Waals surface area contributed by atoms with E-state index in [2.05, 4.69) is 5.32 Å². The van der Waals surface area contributed by atoms with E-state index in [-0.39, 0.29) is 5.91 Å². The second-order valence-electron chi connectivity index (χ2n) is 3.70. The molecular formula is C12H17ClN2O. The molecule has 4 heteroatoms. The quantitative estimate of drug-likeness (QED) is 0.828. The van der Waals surface area contributed by atoms with Crippen LogP contribution in [0.1, 0.15) is 25.3 Å². The van der Waals surface area contributed by atoms with Gasteiger partial charge in [-0.2, -0.15) is 0 Å². The third-order valence-corrected chi connectivity index (χ3v) is 2.72. The zero-order valence-corrected chi connectivity index (χ0v) is 10.1. The molecule has 0 bridgehead atoms. The van der Waals surface area contributed by atoms with Crippen LogP contribution < -0.4 is 11.1 Å². The second-order valence-corrected chi connectivity index (χ2v) is 4.11. The lowest BCUT2D eigenvalue weighted by molar-refractivity contribution is -0.122. The average molecular weight is 241 g/mol. The number of nitrogens with one attached hydrogen (secondary N) is 1. The summed E-state index contributed by atoms with van der Waals surface area (Å²) in [6.45, 7) is 2.43. The molecule has 1 atom stereocenters. The number of carbonyl (C=O) groups excluding carboxylic acids is 1. The van der Waals surface area contributed by atoms with Crippen LogP contribution in [0, 0.1) is 0 Å². The Morgan fingerprint density at radius 1 is 1.50 bits per heavy atom. The fourth-order valence-corrected chi connectivity index (χ4v) is 1.60. The average Bonchev–Trinajstić information content (AvgIpc) is 2.28. The van der Waals surface area contributed by atoms with E-state index in [4.69, 9.17) is 17.3 Å². The normalized spacial score (nSPS) is 12.2. The van der Waals surface area contributed by atoms with Crippen LogP contribution in [0.25, 0.3) is 0 Å². The standard InChI is InChI=1S/C12H17ClN2O/c1-2-5-11(14)12(16)15-8-9-6-3-4-7-10(9)13/h3-4,6-7,11H,2,5,8,14H2,1H3,(H,15,16). The van der Waals surface area contributed by atoms with E-state index >= 15 is 0 Å². The van der Waals surface area contributed by atoms with Crippen molar-refractivity contribution in [2.24, 2.45) is 5.73 Å². The largest absolute Gasteiger partial charge is 0.351 e. The SMILES string of the molecule is CCCC(N)C(=O)NCc1ccccc1Cl. The van der Waals surface area contributed by atoms with Crippen LogP contribution in [0.4, 0.5) is 0 Å². The first kappa shape index (κ1) is 13.0. The van der Waals surface area contributed by atoms with Crippen LogP contribution in [0.5, 0.6) is 0 Å². The fraction of sp³-hybridized carbons (Fsp3) is 0.417. The van der Waals surface area contributed by atoms with Crippen molar-refractivity contribution < 1.29 is 4.79 Å². The van der Waals surface area contributed by atoms with Crippen LogP contribution in [0.15, 0.2) is 24.3 Å². The van der Waals surface area contributed by atoms with Gasteiger partial charge in [-0.05, 0) is 18.1 Å². The number of hydrogen-bond acceptors (Lipinski definition) is 2. The molecule has 1 rings (SSSR count). The summed E-state index contributed by atoms with van der Waals surface area (Å²) in [6.07, 6.45) is 1.61. The molecule has 16 heavy (non-hydrogen) atoms. The van der Waals surface area contributed by atoms with E-state index < -0.39 is 6.04 Å². The van der Waals surface area contributed by atoms with Gasteiger partial charge in [0.25, 0.3) is 0 Å².